The lowest BCUT2D eigenvalue weighted by atomic mass is 9.90. The standard InChI is InChI=1S/C23H46N2O/c1-6-8-10-12-14-21(15-13-11-9-7-2)18-22(26)25-17-16-24-23(4,5)19-20(25)3/h20-21,24H,6-19H2,1-5H3. The van der Waals surface area contributed by atoms with Gasteiger partial charge in [-0.1, -0.05) is 65.2 Å². The van der Waals surface area contributed by atoms with E-state index in [2.05, 4.69) is 44.8 Å². The molecule has 3 heteroatoms. The number of unbranched alkanes of at least 4 members (excludes halogenated alkanes) is 6. The molecule has 1 aliphatic rings. The van der Waals surface area contributed by atoms with E-state index in [0.717, 1.165) is 25.9 Å². The van der Waals surface area contributed by atoms with E-state index in [1.54, 1.807) is 0 Å². The summed E-state index contributed by atoms with van der Waals surface area (Å²) in [7, 11) is 0. The van der Waals surface area contributed by atoms with E-state index >= 15 is 0 Å². The predicted molar refractivity (Wildman–Crippen MR) is 113 cm³/mol. The molecule has 26 heavy (non-hydrogen) atoms. The maximum Gasteiger partial charge on any atom is 0.223 e. The third kappa shape index (κ3) is 9.39. The van der Waals surface area contributed by atoms with Crippen molar-refractivity contribution in [1.29, 1.82) is 0 Å². The van der Waals surface area contributed by atoms with Gasteiger partial charge in [0.1, 0.15) is 0 Å². The van der Waals surface area contributed by atoms with Gasteiger partial charge in [-0.2, -0.15) is 0 Å². The van der Waals surface area contributed by atoms with E-state index < -0.39 is 0 Å². The van der Waals surface area contributed by atoms with Crippen LogP contribution in [0.25, 0.3) is 0 Å². The van der Waals surface area contributed by atoms with E-state index in [0.29, 0.717) is 17.9 Å². The lowest BCUT2D eigenvalue weighted by Gasteiger charge is -2.31. The lowest BCUT2D eigenvalue weighted by molar-refractivity contribution is -0.134. The van der Waals surface area contributed by atoms with Gasteiger partial charge in [-0.25, -0.2) is 0 Å². The van der Waals surface area contributed by atoms with Crippen LogP contribution in [0.5, 0.6) is 0 Å². The molecule has 3 nitrogen and oxygen atoms in total. The summed E-state index contributed by atoms with van der Waals surface area (Å²) < 4.78 is 0. The summed E-state index contributed by atoms with van der Waals surface area (Å²) >= 11 is 0. The minimum atomic E-state index is 0.133. The van der Waals surface area contributed by atoms with Crippen LogP contribution in [0.2, 0.25) is 0 Å². The van der Waals surface area contributed by atoms with Gasteiger partial charge in [-0.3, -0.25) is 4.79 Å². The average Bonchev–Trinajstić information content (AvgIpc) is 2.71. The first-order valence-electron chi connectivity index (χ1n) is 11.4. The molecule has 0 saturated carbocycles. The molecule has 1 saturated heterocycles. The van der Waals surface area contributed by atoms with Crippen LogP contribution >= 0.6 is 0 Å². The first-order chi connectivity index (χ1) is 12.4. The minimum Gasteiger partial charge on any atom is -0.339 e. The van der Waals surface area contributed by atoms with Crippen molar-refractivity contribution in [2.45, 2.75) is 123 Å². The normalized spacial score (nSPS) is 20.4. The first-order valence-corrected chi connectivity index (χ1v) is 11.4. The SMILES string of the molecule is CCCCCCC(CCCCCC)CC(=O)N1CCNC(C)(C)CC1C. The fraction of sp³-hybridized carbons (Fsp3) is 0.957. The highest BCUT2D eigenvalue weighted by Gasteiger charge is 2.30. The summed E-state index contributed by atoms with van der Waals surface area (Å²) in [6.07, 6.45) is 14.8. The number of carbonyl (C=O) groups excluding carboxylic acids is 1. The maximum absolute atomic E-state index is 13.1. The third-order valence-corrected chi connectivity index (χ3v) is 6.01. The number of nitrogens with zero attached hydrogens (tertiary/aromatic N) is 1. The Bertz CT molecular complexity index is 368. The van der Waals surface area contributed by atoms with E-state index in [1.165, 1.54) is 64.2 Å². The molecule has 0 spiro atoms. The largest absolute Gasteiger partial charge is 0.339 e. The van der Waals surface area contributed by atoms with Gasteiger partial charge in [0, 0.05) is 31.1 Å². The van der Waals surface area contributed by atoms with Gasteiger partial charge in [-0.15, -0.1) is 0 Å². The van der Waals surface area contributed by atoms with Gasteiger partial charge < -0.3 is 10.2 Å². The Hall–Kier alpha value is -0.570. The summed E-state index contributed by atoms with van der Waals surface area (Å²) in [5, 5.41) is 3.59. The summed E-state index contributed by atoms with van der Waals surface area (Å²) in [5.74, 6) is 0.987. The van der Waals surface area contributed by atoms with Crippen molar-refractivity contribution in [2.24, 2.45) is 5.92 Å². The Labute approximate surface area is 163 Å². The number of carbonyl (C=O) groups is 1. The second-order valence-electron chi connectivity index (χ2n) is 9.22. The van der Waals surface area contributed by atoms with Crippen molar-refractivity contribution in [3.8, 4) is 0 Å². The van der Waals surface area contributed by atoms with Crippen LogP contribution in [-0.4, -0.2) is 35.5 Å². The summed E-state index contributed by atoms with van der Waals surface area (Å²) in [4.78, 5) is 15.2. The molecule has 1 fully saturated rings. The Morgan fingerprint density at radius 1 is 1.04 bits per heavy atom. The quantitative estimate of drug-likeness (QED) is 0.435. The van der Waals surface area contributed by atoms with Gasteiger partial charge in [0.05, 0.1) is 0 Å². The van der Waals surface area contributed by atoms with Crippen LogP contribution in [0.1, 0.15) is 112 Å². The molecule has 0 radical (unpaired) electrons. The van der Waals surface area contributed by atoms with Crippen molar-refractivity contribution in [2.75, 3.05) is 13.1 Å². The van der Waals surface area contributed by atoms with Gasteiger partial charge in [0.15, 0.2) is 0 Å². The molecule has 0 bridgehead atoms. The highest BCUT2D eigenvalue weighted by Crippen LogP contribution is 2.25. The zero-order chi connectivity index (χ0) is 19.4. The molecular formula is C23H46N2O. The number of rotatable bonds is 12. The summed E-state index contributed by atoms with van der Waals surface area (Å²) in [6, 6.07) is 0.341. The number of nitrogens with one attached hydrogen (secondary N) is 1. The molecule has 1 aliphatic heterocycles. The van der Waals surface area contributed by atoms with Gasteiger partial charge in [-0.05, 0) is 46.0 Å². The second-order valence-corrected chi connectivity index (χ2v) is 9.22. The van der Waals surface area contributed by atoms with E-state index in [9.17, 15) is 4.79 Å². The predicted octanol–water partition coefficient (Wildman–Crippen LogP) is 5.92. The molecule has 0 aliphatic carbocycles. The van der Waals surface area contributed by atoms with Crippen molar-refractivity contribution in [1.82, 2.24) is 10.2 Å². The van der Waals surface area contributed by atoms with E-state index in [1.807, 2.05) is 0 Å². The fourth-order valence-electron chi connectivity index (χ4n) is 4.46. The fourth-order valence-corrected chi connectivity index (χ4v) is 4.46. The number of hydrogen-bond acceptors (Lipinski definition) is 2. The molecular weight excluding hydrogens is 320 g/mol. The smallest absolute Gasteiger partial charge is 0.223 e. The van der Waals surface area contributed by atoms with Crippen LogP contribution < -0.4 is 5.32 Å². The van der Waals surface area contributed by atoms with Gasteiger partial charge in [0.25, 0.3) is 0 Å². The number of amides is 1. The molecule has 1 rings (SSSR count). The Morgan fingerprint density at radius 3 is 2.15 bits per heavy atom. The van der Waals surface area contributed by atoms with Crippen molar-refractivity contribution in [3.63, 3.8) is 0 Å². The van der Waals surface area contributed by atoms with Crippen LogP contribution in [0.3, 0.4) is 0 Å². The number of hydrogen-bond donors (Lipinski definition) is 1. The van der Waals surface area contributed by atoms with E-state index in [-0.39, 0.29) is 5.54 Å². The van der Waals surface area contributed by atoms with Gasteiger partial charge in [0.2, 0.25) is 5.91 Å². The molecule has 1 amide bonds. The Kier molecular flexibility index (Phi) is 11.5. The monoisotopic (exact) mass is 366 g/mol. The van der Waals surface area contributed by atoms with Crippen LogP contribution in [-0.2, 0) is 4.79 Å². The topological polar surface area (TPSA) is 32.3 Å². The molecule has 154 valence electrons. The molecule has 1 unspecified atom stereocenters. The van der Waals surface area contributed by atoms with Crippen molar-refractivity contribution < 1.29 is 4.79 Å². The second kappa shape index (κ2) is 12.8. The molecule has 1 atom stereocenters. The first kappa shape index (κ1) is 23.5. The average molecular weight is 367 g/mol. The molecule has 0 aromatic rings. The van der Waals surface area contributed by atoms with Gasteiger partial charge >= 0.3 is 0 Å². The zero-order valence-electron chi connectivity index (χ0n) is 18.4. The summed E-state index contributed by atoms with van der Waals surface area (Å²) in [6.45, 7) is 13.0. The molecule has 0 aromatic carbocycles. The van der Waals surface area contributed by atoms with Crippen molar-refractivity contribution >= 4 is 5.91 Å². The minimum absolute atomic E-state index is 0.133. The van der Waals surface area contributed by atoms with Crippen LogP contribution in [0.15, 0.2) is 0 Å². The summed E-state index contributed by atoms with van der Waals surface area (Å²) in [5.41, 5.74) is 0.133. The van der Waals surface area contributed by atoms with E-state index in [4.69, 9.17) is 0 Å². The highest BCUT2D eigenvalue weighted by atomic mass is 16.2. The Balaban J connectivity index is 2.54. The third-order valence-electron chi connectivity index (χ3n) is 6.01. The maximum atomic E-state index is 13.1. The van der Waals surface area contributed by atoms with Crippen LogP contribution in [0.4, 0.5) is 0 Å². The lowest BCUT2D eigenvalue weighted by Crippen LogP contribution is -2.41. The molecule has 1 N–H and O–H groups in total. The van der Waals surface area contributed by atoms with Crippen LogP contribution in [0, 0.1) is 5.92 Å². The van der Waals surface area contributed by atoms with Crippen molar-refractivity contribution in [3.05, 3.63) is 0 Å². The Morgan fingerprint density at radius 2 is 1.62 bits per heavy atom. The molecule has 1 heterocycles. The zero-order valence-corrected chi connectivity index (χ0v) is 18.4. The molecule has 0 aromatic heterocycles. The highest BCUT2D eigenvalue weighted by molar-refractivity contribution is 5.76.